The monoisotopic (exact) mass is 261 g/mol. The lowest BCUT2D eigenvalue weighted by Gasteiger charge is -2.36. The minimum Gasteiger partial charge on any atom is -0.443 e. The van der Waals surface area contributed by atoms with Crippen molar-refractivity contribution in [1.29, 1.82) is 0 Å². The molecule has 1 unspecified atom stereocenters. The Balaban J connectivity index is 2.25. The number of rotatable bonds is 2. The van der Waals surface area contributed by atoms with Crippen LogP contribution in [0.5, 0.6) is 0 Å². The number of nitrogens with zero attached hydrogens (tertiary/aromatic N) is 1. The molecule has 1 fully saturated rings. The van der Waals surface area contributed by atoms with Crippen molar-refractivity contribution in [3.8, 4) is 0 Å². The molecule has 0 bridgehead atoms. The number of anilines is 1. The molecule has 2 rings (SSSR count). The SMILES string of the molecule is CC(C)(C)OC(=O)N(c1ccccc1)C1CCC1=O. The summed E-state index contributed by atoms with van der Waals surface area (Å²) < 4.78 is 5.39. The third-order valence-electron chi connectivity index (χ3n) is 2.97. The second kappa shape index (κ2) is 5.03. The van der Waals surface area contributed by atoms with Gasteiger partial charge in [0.1, 0.15) is 5.60 Å². The Labute approximate surface area is 113 Å². The van der Waals surface area contributed by atoms with Gasteiger partial charge in [-0.05, 0) is 39.3 Å². The van der Waals surface area contributed by atoms with Gasteiger partial charge in [-0.2, -0.15) is 0 Å². The average molecular weight is 261 g/mol. The molecule has 0 aromatic heterocycles. The molecule has 0 N–H and O–H groups in total. The summed E-state index contributed by atoms with van der Waals surface area (Å²) in [7, 11) is 0. The molecule has 1 amide bonds. The van der Waals surface area contributed by atoms with Gasteiger partial charge in [-0.3, -0.25) is 9.69 Å². The summed E-state index contributed by atoms with van der Waals surface area (Å²) in [4.78, 5) is 25.4. The molecule has 19 heavy (non-hydrogen) atoms. The molecule has 1 saturated carbocycles. The predicted octanol–water partition coefficient (Wildman–Crippen LogP) is 3.16. The Morgan fingerprint density at radius 1 is 1.26 bits per heavy atom. The lowest BCUT2D eigenvalue weighted by atomic mass is 9.89. The molecule has 1 atom stereocenters. The highest BCUT2D eigenvalue weighted by Gasteiger charge is 2.39. The van der Waals surface area contributed by atoms with Gasteiger partial charge in [0.05, 0.1) is 6.04 Å². The van der Waals surface area contributed by atoms with E-state index < -0.39 is 11.7 Å². The van der Waals surface area contributed by atoms with E-state index in [1.54, 1.807) is 0 Å². The van der Waals surface area contributed by atoms with Crippen molar-refractivity contribution in [2.24, 2.45) is 0 Å². The van der Waals surface area contributed by atoms with Crippen LogP contribution in [0.2, 0.25) is 0 Å². The van der Waals surface area contributed by atoms with E-state index >= 15 is 0 Å². The number of benzene rings is 1. The Morgan fingerprint density at radius 3 is 2.32 bits per heavy atom. The first kappa shape index (κ1) is 13.6. The normalized spacial score (nSPS) is 18.7. The van der Waals surface area contributed by atoms with Gasteiger partial charge in [-0.1, -0.05) is 18.2 Å². The summed E-state index contributed by atoms with van der Waals surface area (Å²) >= 11 is 0. The highest BCUT2D eigenvalue weighted by atomic mass is 16.6. The summed E-state index contributed by atoms with van der Waals surface area (Å²) in [6.07, 6.45) is 0.779. The fourth-order valence-corrected chi connectivity index (χ4v) is 1.98. The maximum Gasteiger partial charge on any atom is 0.415 e. The van der Waals surface area contributed by atoms with Crippen molar-refractivity contribution in [1.82, 2.24) is 0 Å². The van der Waals surface area contributed by atoms with E-state index in [0.717, 1.165) is 0 Å². The Bertz CT molecular complexity index is 476. The average Bonchev–Trinajstić information content (AvgIpc) is 2.32. The largest absolute Gasteiger partial charge is 0.443 e. The summed E-state index contributed by atoms with van der Waals surface area (Å²) in [5, 5.41) is 0. The van der Waals surface area contributed by atoms with Gasteiger partial charge in [-0.25, -0.2) is 4.79 Å². The zero-order valence-corrected chi connectivity index (χ0v) is 11.6. The lowest BCUT2D eigenvalue weighted by molar-refractivity contribution is -0.125. The van der Waals surface area contributed by atoms with Crippen LogP contribution in [0.1, 0.15) is 33.6 Å². The molecule has 0 saturated heterocycles. The van der Waals surface area contributed by atoms with Crippen molar-refractivity contribution in [2.45, 2.75) is 45.3 Å². The number of carbonyl (C=O) groups excluding carboxylic acids is 2. The maximum atomic E-state index is 12.3. The number of ketones is 1. The van der Waals surface area contributed by atoms with E-state index in [-0.39, 0.29) is 11.8 Å². The number of carbonyl (C=O) groups is 2. The second-order valence-electron chi connectivity index (χ2n) is 5.71. The lowest BCUT2D eigenvalue weighted by Crippen LogP contribution is -2.52. The fourth-order valence-electron chi connectivity index (χ4n) is 1.98. The molecule has 0 spiro atoms. The zero-order valence-electron chi connectivity index (χ0n) is 11.6. The molecule has 1 aliphatic rings. The van der Waals surface area contributed by atoms with Crippen molar-refractivity contribution < 1.29 is 14.3 Å². The molecule has 0 radical (unpaired) electrons. The Kier molecular flexibility index (Phi) is 3.60. The van der Waals surface area contributed by atoms with Gasteiger partial charge in [-0.15, -0.1) is 0 Å². The summed E-state index contributed by atoms with van der Waals surface area (Å²) in [5.74, 6) is 0.0923. The smallest absolute Gasteiger partial charge is 0.415 e. The first-order chi connectivity index (χ1) is 8.88. The van der Waals surface area contributed by atoms with Crippen LogP contribution in [0.3, 0.4) is 0 Å². The minimum atomic E-state index is -0.573. The van der Waals surface area contributed by atoms with Crippen LogP contribution < -0.4 is 4.90 Å². The number of hydrogen-bond acceptors (Lipinski definition) is 3. The number of ether oxygens (including phenoxy) is 1. The van der Waals surface area contributed by atoms with E-state index in [9.17, 15) is 9.59 Å². The summed E-state index contributed by atoms with van der Waals surface area (Å²) in [6, 6.07) is 8.81. The highest BCUT2D eigenvalue weighted by molar-refractivity contribution is 6.01. The molecule has 0 heterocycles. The van der Waals surface area contributed by atoms with Crippen LogP contribution in [-0.2, 0) is 9.53 Å². The molecule has 4 heteroatoms. The van der Waals surface area contributed by atoms with E-state index in [4.69, 9.17) is 4.74 Å². The predicted molar refractivity (Wildman–Crippen MR) is 73.2 cm³/mol. The van der Waals surface area contributed by atoms with Crippen molar-refractivity contribution in [2.75, 3.05) is 4.90 Å². The molecule has 1 aromatic rings. The number of Topliss-reactive ketones (excluding diaryl/α,β-unsaturated/α-hetero) is 1. The van der Waals surface area contributed by atoms with Gasteiger partial charge < -0.3 is 4.74 Å². The van der Waals surface area contributed by atoms with Gasteiger partial charge in [0.2, 0.25) is 0 Å². The first-order valence-electron chi connectivity index (χ1n) is 6.48. The van der Waals surface area contributed by atoms with Crippen molar-refractivity contribution in [3.63, 3.8) is 0 Å². The van der Waals surface area contributed by atoms with Gasteiger partial charge in [0.15, 0.2) is 5.78 Å². The van der Waals surface area contributed by atoms with Gasteiger partial charge >= 0.3 is 6.09 Å². The summed E-state index contributed by atoms with van der Waals surface area (Å²) in [6.45, 7) is 5.45. The van der Waals surface area contributed by atoms with Crippen molar-refractivity contribution in [3.05, 3.63) is 30.3 Å². The van der Waals surface area contributed by atoms with Crippen LogP contribution in [0, 0.1) is 0 Å². The van der Waals surface area contributed by atoms with Crippen LogP contribution in [-0.4, -0.2) is 23.5 Å². The summed E-state index contributed by atoms with van der Waals surface area (Å²) in [5.41, 5.74) is 0.131. The second-order valence-corrected chi connectivity index (χ2v) is 5.71. The van der Waals surface area contributed by atoms with Crippen molar-refractivity contribution >= 4 is 17.6 Å². The number of hydrogen-bond donors (Lipinski definition) is 0. The third-order valence-corrected chi connectivity index (χ3v) is 2.97. The molecule has 102 valence electrons. The van der Waals surface area contributed by atoms with E-state index in [0.29, 0.717) is 18.5 Å². The third kappa shape index (κ3) is 3.13. The van der Waals surface area contributed by atoms with Gasteiger partial charge in [0, 0.05) is 12.1 Å². The minimum absolute atomic E-state index is 0.0923. The number of para-hydroxylation sites is 1. The topological polar surface area (TPSA) is 46.6 Å². The van der Waals surface area contributed by atoms with Crippen LogP contribution >= 0.6 is 0 Å². The molecule has 1 aromatic carbocycles. The molecule has 0 aliphatic heterocycles. The molecular weight excluding hydrogens is 242 g/mol. The quantitative estimate of drug-likeness (QED) is 0.821. The zero-order chi connectivity index (χ0) is 14.0. The highest BCUT2D eigenvalue weighted by Crippen LogP contribution is 2.28. The molecule has 4 nitrogen and oxygen atoms in total. The van der Waals surface area contributed by atoms with Gasteiger partial charge in [0.25, 0.3) is 0 Å². The van der Waals surface area contributed by atoms with E-state index in [1.807, 2.05) is 51.1 Å². The maximum absolute atomic E-state index is 12.3. The van der Waals surface area contributed by atoms with Crippen LogP contribution in [0.25, 0.3) is 0 Å². The van der Waals surface area contributed by atoms with E-state index in [2.05, 4.69) is 0 Å². The Morgan fingerprint density at radius 2 is 1.89 bits per heavy atom. The Hall–Kier alpha value is -1.84. The fraction of sp³-hybridized carbons (Fsp3) is 0.467. The molecular formula is C15H19NO3. The standard InChI is InChI=1S/C15H19NO3/c1-15(2,3)19-14(18)16(12-9-10-13(12)17)11-7-5-4-6-8-11/h4-8,12H,9-10H2,1-3H3. The van der Waals surface area contributed by atoms with Crippen LogP contribution in [0.15, 0.2) is 30.3 Å². The number of amides is 1. The first-order valence-corrected chi connectivity index (χ1v) is 6.48. The van der Waals surface area contributed by atoms with Crippen LogP contribution in [0.4, 0.5) is 10.5 Å². The molecule has 1 aliphatic carbocycles. The van der Waals surface area contributed by atoms with E-state index in [1.165, 1.54) is 4.90 Å².